The van der Waals surface area contributed by atoms with Crippen LogP contribution in [0.4, 0.5) is 0 Å². The zero-order chi connectivity index (χ0) is 19.2. The van der Waals surface area contributed by atoms with Gasteiger partial charge in [0.25, 0.3) is 11.8 Å². The monoisotopic (exact) mass is 364 g/mol. The fraction of sp³-hybridized carbons (Fsp3) is 0.150. The second-order valence-electron chi connectivity index (χ2n) is 6.06. The van der Waals surface area contributed by atoms with Gasteiger partial charge in [0.1, 0.15) is 11.5 Å². The first-order valence-electron chi connectivity index (χ1n) is 8.43. The molecule has 0 aliphatic carbocycles. The molecule has 0 atom stereocenters. The van der Waals surface area contributed by atoms with Crippen molar-refractivity contribution in [1.29, 1.82) is 0 Å². The van der Waals surface area contributed by atoms with Gasteiger partial charge in [0.05, 0.1) is 18.3 Å². The molecule has 7 nitrogen and oxygen atoms in total. The van der Waals surface area contributed by atoms with Gasteiger partial charge < -0.3 is 4.42 Å². The Balaban J connectivity index is 1.51. The molecule has 27 heavy (non-hydrogen) atoms. The van der Waals surface area contributed by atoms with Crippen molar-refractivity contribution in [3.63, 3.8) is 0 Å². The number of hydrogen-bond donors (Lipinski definition) is 2. The maximum absolute atomic E-state index is 12.0. The molecule has 2 aromatic heterocycles. The molecule has 0 saturated carbocycles. The first-order valence-corrected chi connectivity index (χ1v) is 8.43. The van der Waals surface area contributed by atoms with Crippen LogP contribution in [-0.4, -0.2) is 21.6 Å². The van der Waals surface area contributed by atoms with E-state index in [2.05, 4.69) is 16.0 Å². The van der Waals surface area contributed by atoms with Gasteiger partial charge in [-0.05, 0) is 31.6 Å². The second kappa shape index (κ2) is 8.18. The van der Waals surface area contributed by atoms with E-state index in [1.807, 2.05) is 36.5 Å². The van der Waals surface area contributed by atoms with Gasteiger partial charge in [-0.25, -0.2) is 0 Å². The normalized spacial score (nSPS) is 10.9. The van der Waals surface area contributed by atoms with Crippen LogP contribution in [0.3, 0.4) is 0 Å². The van der Waals surface area contributed by atoms with Gasteiger partial charge in [-0.15, -0.1) is 0 Å². The second-order valence-corrected chi connectivity index (χ2v) is 6.06. The van der Waals surface area contributed by atoms with Crippen LogP contribution in [0.2, 0.25) is 0 Å². The number of nitrogens with zero attached hydrogens (tertiary/aromatic N) is 2. The van der Waals surface area contributed by atoms with Crippen molar-refractivity contribution in [2.45, 2.75) is 20.4 Å². The van der Waals surface area contributed by atoms with Crippen LogP contribution in [-0.2, 0) is 11.3 Å². The average Bonchev–Trinajstić information content (AvgIpc) is 3.24. The number of hydrazine groups is 1. The Morgan fingerprint density at radius 1 is 1.19 bits per heavy atom. The van der Waals surface area contributed by atoms with Crippen molar-refractivity contribution in [2.24, 2.45) is 0 Å². The SMILES string of the molecule is Cc1cc(C(=O)NNC(=O)/C=C/c2cnn(Cc3ccccc3)c2)c(C)o1. The number of amides is 2. The molecule has 1 aromatic carbocycles. The Labute approximate surface area is 156 Å². The minimum Gasteiger partial charge on any atom is -0.466 e. The summed E-state index contributed by atoms with van der Waals surface area (Å²) in [6.07, 6.45) is 6.47. The molecular formula is C20H20N4O3. The highest BCUT2D eigenvalue weighted by Crippen LogP contribution is 2.12. The minimum atomic E-state index is -0.447. The van der Waals surface area contributed by atoms with Gasteiger partial charge in [-0.1, -0.05) is 30.3 Å². The summed E-state index contributed by atoms with van der Waals surface area (Å²) in [5.41, 5.74) is 7.01. The van der Waals surface area contributed by atoms with Crippen LogP contribution in [0.25, 0.3) is 6.08 Å². The highest BCUT2D eigenvalue weighted by atomic mass is 16.3. The fourth-order valence-electron chi connectivity index (χ4n) is 2.58. The first-order chi connectivity index (χ1) is 13.0. The zero-order valence-corrected chi connectivity index (χ0v) is 15.1. The largest absolute Gasteiger partial charge is 0.466 e. The van der Waals surface area contributed by atoms with E-state index in [4.69, 9.17) is 4.42 Å². The quantitative estimate of drug-likeness (QED) is 0.538. The van der Waals surface area contributed by atoms with Crippen molar-refractivity contribution in [3.05, 3.63) is 83.1 Å². The lowest BCUT2D eigenvalue weighted by Crippen LogP contribution is -2.40. The lowest BCUT2D eigenvalue weighted by atomic mass is 10.2. The van der Waals surface area contributed by atoms with Crippen LogP contribution in [0.1, 0.15) is 33.0 Å². The van der Waals surface area contributed by atoms with E-state index in [1.165, 1.54) is 6.08 Å². The van der Waals surface area contributed by atoms with Crippen molar-refractivity contribution in [3.8, 4) is 0 Å². The lowest BCUT2D eigenvalue weighted by molar-refractivity contribution is -0.117. The third-order valence-electron chi connectivity index (χ3n) is 3.85. The fourth-order valence-corrected chi connectivity index (χ4v) is 2.58. The number of benzene rings is 1. The topological polar surface area (TPSA) is 89.2 Å². The van der Waals surface area contributed by atoms with Crippen LogP contribution >= 0.6 is 0 Å². The Morgan fingerprint density at radius 2 is 1.96 bits per heavy atom. The number of furan rings is 1. The van der Waals surface area contributed by atoms with E-state index in [1.54, 1.807) is 36.9 Å². The molecule has 0 saturated heterocycles. The Hall–Kier alpha value is -3.61. The number of nitrogens with one attached hydrogen (secondary N) is 2. The maximum atomic E-state index is 12.0. The third kappa shape index (κ3) is 4.94. The summed E-state index contributed by atoms with van der Waals surface area (Å²) in [4.78, 5) is 23.9. The Kier molecular flexibility index (Phi) is 5.51. The third-order valence-corrected chi connectivity index (χ3v) is 3.85. The summed E-state index contributed by atoms with van der Waals surface area (Å²) >= 11 is 0. The molecule has 0 fully saturated rings. The Morgan fingerprint density at radius 3 is 2.67 bits per heavy atom. The molecule has 138 valence electrons. The van der Waals surface area contributed by atoms with Crippen molar-refractivity contribution >= 4 is 17.9 Å². The molecular weight excluding hydrogens is 344 g/mol. The molecule has 2 amide bonds. The first kappa shape index (κ1) is 18.2. The highest BCUT2D eigenvalue weighted by Gasteiger charge is 2.13. The maximum Gasteiger partial charge on any atom is 0.273 e. The molecule has 0 aliphatic heterocycles. The molecule has 0 spiro atoms. The summed E-state index contributed by atoms with van der Waals surface area (Å²) < 4.78 is 7.09. The van der Waals surface area contributed by atoms with Gasteiger partial charge in [0, 0.05) is 17.8 Å². The van der Waals surface area contributed by atoms with Crippen molar-refractivity contribution in [1.82, 2.24) is 20.6 Å². The molecule has 0 unspecified atom stereocenters. The van der Waals surface area contributed by atoms with Crippen LogP contribution in [0, 0.1) is 13.8 Å². The van der Waals surface area contributed by atoms with E-state index < -0.39 is 11.8 Å². The minimum absolute atomic E-state index is 0.388. The molecule has 2 N–H and O–H groups in total. The standard InChI is InChI=1S/C20H20N4O3/c1-14-10-18(15(2)27-14)20(26)23-22-19(25)9-8-17-11-21-24(13-17)12-16-6-4-3-5-7-16/h3-11,13H,12H2,1-2H3,(H,22,25)(H,23,26)/b9-8+. The van der Waals surface area contributed by atoms with Crippen molar-refractivity contribution < 1.29 is 14.0 Å². The van der Waals surface area contributed by atoms with E-state index in [9.17, 15) is 9.59 Å². The number of hydrogen-bond acceptors (Lipinski definition) is 4. The molecule has 0 radical (unpaired) electrons. The van der Waals surface area contributed by atoms with Gasteiger partial charge >= 0.3 is 0 Å². The number of carbonyl (C=O) groups excluding carboxylic acids is 2. The van der Waals surface area contributed by atoms with Crippen LogP contribution in [0.5, 0.6) is 0 Å². The molecule has 3 rings (SSSR count). The van der Waals surface area contributed by atoms with Crippen molar-refractivity contribution in [2.75, 3.05) is 0 Å². The van der Waals surface area contributed by atoms with Gasteiger partial charge in [0.2, 0.25) is 0 Å². The molecule has 0 aliphatic rings. The van der Waals surface area contributed by atoms with E-state index in [-0.39, 0.29) is 0 Å². The summed E-state index contributed by atoms with van der Waals surface area (Å²) in [5.74, 6) is 0.260. The molecule has 2 heterocycles. The Bertz CT molecular complexity index is 970. The molecule has 3 aromatic rings. The van der Waals surface area contributed by atoms with Gasteiger partial charge in [-0.2, -0.15) is 5.10 Å². The molecule has 7 heteroatoms. The van der Waals surface area contributed by atoms with E-state index >= 15 is 0 Å². The molecule has 0 bridgehead atoms. The highest BCUT2D eigenvalue weighted by molar-refractivity contribution is 5.98. The number of aromatic nitrogens is 2. The summed E-state index contributed by atoms with van der Waals surface area (Å²) in [5, 5.41) is 4.27. The summed E-state index contributed by atoms with van der Waals surface area (Å²) in [6, 6.07) is 11.6. The average molecular weight is 364 g/mol. The van der Waals surface area contributed by atoms with Gasteiger partial charge in [0.15, 0.2) is 0 Å². The zero-order valence-electron chi connectivity index (χ0n) is 15.1. The lowest BCUT2D eigenvalue weighted by Gasteiger charge is -2.03. The van der Waals surface area contributed by atoms with Gasteiger partial charge in [-0.3, -0.25) is 25.1 Å². The van der Waals surface area contributed by atoms with E-state index in [0.717, 1.165) is 11.1 Å². The summed E-state index contributed by atoms with van der Waals surface area (Å²) in [6.45, 7) is 4.10. The van der Waals surface area contributed by atoms with Crippen LogP contribution in [0.15, 0.2) is 59.3 Å². The predicted octanol–water partition coefficient (Wildman–Crippen LogP) is 2.62. The summed E-state index contributed by atoms with van der Waals surface area (Å²) in [7, 11) is 0. The van der Waals surface area contributed by atoms with Crippen LogP contribution < -0.4 is 10.9 Å². The number of aryl methyl sites for hydroxylation is 2. The number of carbonyl (C=O) groups is 2. The number of rotatable bonds is 5. The predicted molar refractivity (Wildman–Crippen MR) is 101 cm³/mol. The smallest absolute Gasteiger partial charge is 0.273 e. The van der Waals surface area contributed by atoms with E-state index in [0.29, 0.717) is 23.6 Å².